The van der Waals surface area contributed by atoms with Crippen molar-refractivity contribution in [2.24, 2.45) is 5.92 Å². The Kier molecular flexibility index (Phi) is 6.44. The Bertz CT molecular complexity index is 827. The molecule has 7 heteroatoms. The lowest BCUT2D eigenvalue weighted by Gasteiger charge is -2.31. The minimum absolute atomic E-state index is 0.0607. The second kappa shape index (κ2) is 8.80. The number of hydrogen-bond donors (Lipinski definition) is 0. The smallest absolute Gasteiger partial charge is 0.246 e. The zero-order chi connectivity index (χ0) is 19.4. The number of carbonyl (C=O) groups excluding carboxylic acids is 1. The lowest BCUT2D eigenvalue weighted by atomic mass is 9.96. The molecule has 0 saturated carbocycles. The van der Waals surface area contributed by atoms with Gasteiger partial charge in [0.1, 0.15) is 11.5 Å². The first-order valence-electron chi connectivity index (χ1n) is 9.04. The zero-order valence-electron chi connectivity index (χ0n) is 15.6. The number of likely N-dealkylation sites (N-methyl/N-ethyl adjacent to an activating group) is 1. The molecule has 0 aliphatic carbocycles. The molecule has 0 bridgehead atoms. The third-order valence-corrected chi connectivity index (χ3v) is 5.34. The Morgan fingerprint density at radius 3 is 2.78 bits per heavy atom. The standard InChI is InChI=1S/C20H24BrFN4O/c1-24-9-7-16(8-10-24)13-25(2)20(27)6-4-15-3-5-19(18(22)11-15)26-14-17(21)12-23-26/h3-6,11-12,14,16H,7-10,13H2,1-2H3/b6-4+. The molecule has 1 amide bonds. The van der Waals surface area contributed by atoms with E-state index in [-0.39, 0.29) is 11.7 Å². The van der Waals surface area contributed by atoms with Crippen LogP contribution in [0.25, 0.3) is 11.8 Å². The summed E-state index contributed by atoms with van der Waals surface area (Å²) in [6.45, 7) is 2.93. The van der Waals surface area contributed by atoms with Crippen molar-refractivity contribution >= 4 is 27.9 Å². The molecule has 144 valence electrons. The van der Waals surface area contributed by atoms with Gasteiger partial charge in [0.15, 0.2) is 0 Å². The maximum Gasteiger partial charge on any atom is 0.246 e. The molecule has 5 nitrogen and oxygen atoms in total. The number of benzene rings is 1. The van der Waals surface area contributed by atoms with E-state index in [2.05, 4.69) is 33.0 Å². The minimum Gasteiger partial charge on any atom is -0.342 e. The molecule has 1 saturated heterocycles. The van der Waals surface area contributed by atoms with Crippen molar-refractivity contribution in [1.29, 1.82) is 0 Å². The number of hydrogen-bond acceptors (Lipinski definition) is 3. The van der Waals surface area contributed by atoms with Crippen LogP contribution in [-0.4, -0.2) is 59.2 Å². The minimum atomic E-state index is -0.389. The number of nitrogens with zero attached hydrogens (tertiary/aromatic N) is 4. The van der Waals surface area contributed by atoms with Gasteiger partial charge in [-0.1, -0.05) is 6.07 Å². The predicted molar refractivity (Wildman–Crippen MR) is 108 cm³/mol. The van der Waals surface area contributed by atoms with Crippen molar-refractivity contribution in [3.8, 4) is 5.69 Å². The summed E-state index contributed by atoms with van der Waals surface area (Å²) in [6, 6.07) is 4.83. The summed E-state index contributed by atoms with van der Waals surface area (Å²) in [5, 5.41) is 4.08. The number of piperidine rings is 1. The Morgan fingerprint density at radius 2 is 2.15 bits per heavy atom. The first kappa shape index (κ1) is 19.8. The average Bonchev–Trinajstić information content (AvgIpc) is 3.07. The Morgan fingerprint density at radius 1 is 1.41 bits per heavy atom. The molecule has 0 N–H and O–H groups in total. The van der Waals surface area contributed by atoms with Gasteiger partial charge in [-0.25, -0.2) is 9.07 Å². The molecule has 2 heterocycles. The van der Waals surface area contributed by atoms with E-state index in [0.717, 1.165) is 36.9 Å². The quantitative estimate of drug-likeness (QED) is 0.675. The number of rotatable bonds is 5. The van der Waals surface area contributed by atoms with Crippen molar-refractivity contribution in [3.05, 3.63) is 52.5 Å². The van der Waals surface area contributed by atoms with E-state index in [1.54, 1.807) is 35.5 Å². The van der Waals surface area contributed by atoms with Gasteiger partial charge in [-0.3, -0.25) is 4.79 Å². The van der Waals surface area contributed by atoms with Crippen LogP contribution in [-0.2, 0) is 4.79 Å². The lowest BCUT2D eigenvalue weighted by Crippen LogP contribution is -2.37. The average molecular weight is 435 g/mol. The molecule has 1 aromatic carbocycles. The van der Waals surface area contributed by atoms with Gasteiger partial charge in [0, 0.05) is 25.9 Å². The van der Waals surface area contributed by atoms with Gasteiger partial charge in [-0.05, 0) is 78.6 Å². The van der Waals surface area contributed by atoms with Crippen LogP contribution in [0.4, 0.5) is 4.39 Å². The van der Waals surface area contributed by atoms with Crippen LogP contribution in [0.1, 0.15) is 18.4 Å². The highest BCUT2D eigenvalue weighted by Crippen LogP contribution is 2.19. The Balaban J connectivity index is 1.59. The van der Waals surface area contributed by atoms with Crippen LogP contribution in [0.5, 0.6) is 0 Å². The first-order valence-corrected chi connectivity index (χ1v) is 9.83. The van der Waals surface area contributed by atoms with E-state index in [4.69, 9.17) is 0 Å². The molecular weight excluding hydrogens is 411 g/mol. The van der Waals surface area contributed by atoms with E-state index < -0.39 is 0 Å². The number of carbonyl (C=O) groups is 1. The van der Waals surface area contributed by atoms with Gasteiger partial charge in [0.2, 0.25) is 5.91 Å². The summed E-state index contributed by atoms with van der Waals surface area (Å²) >= 11 is 3.30. The van der Waals surface area contributed by atoms with Crippen molar-refractivity contribution in [3.63, 3.8) is 0 Å². The Hall–Kier alpha value is -1.99. The van der Waals surface area contributed by atoms with Crippen LogP contribution in [0, 0.1) is 11.7 Å². The third-order valence-electron chi connectivity index (χ3n) is 4.93. The van der Waals surface area contributed by atoms with Crippen LogP contribution in [0.15, 0.2) is 41.1 Å². The van der Waals surface area contributed by atoms with E-state index in [9.17, 15) is 9.18 Å². The summed E-state index contributed by atoms with van der Waals surface area (Å²) in [5.74, 6) is 0.1000. The normalized spacial score (nSPS) is 16.1. The highest BCUT2D eigenvalue weighted by molar-refractivity contribution is 9.10. The molecular formula is C20H24BrFN4O. The molecule has 2 aromatic rings. The molecule has 0 atom stereocenters. The van der Waals surface area contributed by atoms with Crippen molar-refractivity contribution < 1.29 is 9.18 Å². The van der Waals surface area contributed by atoms with Gasteiger partial charge in [-0.2, -0.15) is 5.10 Å². The maximum absolute atomic E-state index is 14.4. The molecule has 1 aromatic heterocycles. The largest absolute Gasteiger partial charge is 0.342 e. The third kappa shape index (κ3) is 5.26. The van der Waals surface area contributed by atoms with Gasteiger partial charge < -0.3 is 9.80 Å². The van der Waals surface area contributed by atoms with Crippen LogP contribution >= 0.6 is 15.9 Å². The van der Waals surface area contributed by atoms with E-state index in [1.165, 1.54) is 16.8 Å². The van der Waals surface area contributed by atoms with Gasteiger partial charge in [-0.15, -0.1) is 0 Å². The highest BCUT2D eigenvalue weighted by Gasteiger charge is 2.19. The highest BCUT2D eigenvalue weighted by atomic mass is 79.9. The van der Waals surface area contributed by atoms with Crippen molar-refractivity contribution in [2.45, 2.75) is 12.8 Å². The van der Waals surface area contributed by atoms with E-state index in [0.29, 0.717) is 17.2 Å². The summed E-state index contributed by atoms with van der Waals surface area (Å²) in [6.07, 6.45) is 8.69. The fraction of sp³-hybridized carbons (Fsp3) is 0.400. The van der Waals surface area contributed by atoms with E-state index >= 15 is 0 Å². The first-order chi connectivity index (χ1) is 12.9. The lowest BCUT2D eigenvalue weighted by molar-refractivity contribution is -0.125. The zero-order valence-corrected chi connectivity index (χ0v) is 17.2. The van der Waals surface area contributed by atoms with Crippen LogP contribution in [0.3, 0.4) is 0 Å². The Labute approximate surface area is 167 Å². The molecule has 1 fully saturated rings. The molecule has 27 heavy (non-hydrogen) atoms. The van der Waals surface area contributed by atoms with E-state index in [1.807, 2.05) is 7.05 Å². The maximum atomic E-state index is 14.4. The summed E-state index contributed by atoms with van der Waals surface area (Å²) in [5.41, 5.74) is 1.01. The molecule has 1 aliphatic rings. The van der Waals surface area contributed by atoms with Crippen molar-refractivity contribution in [2.75, 3.05) is 33.7 Å². The monoisotopic (exact) mass is 434 g/mol. The summed E-state index contributed by atoms with van der Waals surface area (Å²) < 4.78 is 16.6. The number of amides is 1. The molecule has 0 radical (unpaired) electrons. The van der Waals surface area contributed by atoms with Crippen molar-refractivity contribution in [1.82, 2.24) is 19.6 Å². The number of likely N-dealkylation sites (tertiary alicyclic amines) is 1. The second-order valence-corrected chi connectivity index (χ2v) is 8.03. The summed E-state index contributed by atoms with van der Waals surface area (Å²) in [4.78, 5) is 16.4. The summed E-state index contributed by atoms with van der Waals surface area (Å²) in [7, 11) is 3.95. The molecule has 0 spiro atoms. The molecule has 0 unspecified atom stereocenters. The number of aromatic nitrogens is 2. The predicted octanol–water partition coefficient (Wildman–Crippen LogP) is 3.59. The van der Waals surface area contributed by atoms with Gasteiger partial charge >= 0.3 is 0 Å². The van der Waals surface area contributed by atoms with Crippen LogP contribution < -0.4 is 0 Å². The fourth-order valence-electron chi connectivity index (χ4n) is 3.26. The number of halogens is 2. The van der Waals surface area contributed by atoms with Gasteiger partial charge in [0.25, 0.3) is 0 Å². The fourth-order valence-corrected chi connectivity index (χ4v) is 3.55. The van der Waals surface area contributed by atoms with Gasteiger partial charge in [0.05, 0.1) is 10.7 Å². The second-order valence-electron chi connectivity index (χ2n) is 7.11. The SMILES string of the molecule is CN1CCC(CN(C)C(=O)/C=C/c2ccc(-n3cc(Br)cn3)c(F)c2)CC1. The topological polar surface area (TPSA) is 41.4 Å². The molecule has 1 aliphatic heterocycles. The molecule has 3 rings (SSSR count). The van der Waals surface area contributed by atoms with Crippen LogP contribution in [0.2, 0.25) is 0 Å².